The molecule has 0 aliphatic carbocycles. The fourth-order valence-electron chi connectivity index (χ4n) is 2.48. The third-order valence-electron chi connectivity index (χ3n) is 3.70. The van der Waals surface area contributed by atoms with Crippen LogP contribution in [-0.4, -0.2) is 46.7 Å². The number of nitrogens with zero attached hydrogens (tertiary/aromatic N) is 2. The number of H-pyrrole nitrogens is 1. The predicted octanol–water partition coefficient (Wildman–Crippen LogP) is 0.620. The molecule has 110 valence electrons. The molecule has 6 nitrogen and oxygen atoms in total. The molecule has 1 amide bonds. The van der Waals surface area contributed by atoms with Gasteiger partial charge in [0.05, 0.1) is 0 Å². The topological polar surface area (TPSA) is 78.1 Å². The van der Waals surface area contributed by atoms with Gasteiger partial charge in [-0.2, -0.15) is 5.10 Å². The van der Waals surface area contributed by atoms with Gasteiger partial charge in [0.2, 0.25) is 0 Å². The Bertz CT molecular complexity index is 486. The lowest BCUT2D eigenvalue weighted by molar-refractivity contribution is 0.0650. The number of amides is 1. The number of carbonyl (C=O) groups is 1. The minimum absolute atomic E-state index is 0.116. The monoisotopic (exact) mass is 278 g/mol. The zero-order chi connectivity index (χ0) is 14.5. The Morgan fingerprint density at radius 2 is 2.10 bits per heavy atom. The second-order valence-electron chi connectivity index (χ2n) is 5.55. The molecule has 1 saturated heterocycles. The van der Waals surface area contributed by atoms with E-state index in [1.807, 2.05) is 18.7 Å². The first-order valence-corrected chi connectivity index (χ1v) is 7.15. The van der Waals surface area contributed by atoms with Crippen molar-refractivity contribution in [2.24, 2.45) is 5.92 Å². The van der Waals surface area contributed by atoms with Gasteiger partial charge in [-0.05, 0) is 51.8 Å². The van der Waals surface area contributed by atoms with Crippen molar-refractivity contribution in [2.75, 3.05) is 19.6 Å². The van der Waals surface area contributed by atoms with E-state index in [0.29, 0.717) is 11.6 Å². The van der Waals surface area contributed by atoms with Gasteiger partial charge >= 0.3 is 0 Å². The van der Waals surface area contributed by atoms with Crippen LogP contribution in [-0.2, 0) is 0 Å². The van der Waals surface area contributed by atoms with E-state index < -0.39 is 0 Å². The Hall–Kier alpha value is -1.69. The highest BCUT2D eigenvalue weighted by Gasteiger charge is 2.24. The van der Waals surface area contributed by atoms with E-state index >= 15 is 0 Å². The summed E-state index contributed by atoms with van der Waals surface area (Å²) in [6, 6.07) is 2.94. The van der Waals surface area contributed by atoms with Crippen LogP contribution in [0.25, 0.3) is 0 Å². The summed E-state index contributed by atoms with van der Waals surface area (Å²) in [5.41, 5.74) is 0.00300. The highest BCUT2D eigenvalue weighted by Crippen LogP contribution is 2.16. The van der Waals surface area contributed by atoms with E-state index in [0.717, 1.165) is 32.5 Å². The normalized spacial score (nSPS) is 16.4. The van der Waals surface area contributed by atoms with Crippen LogP contribution >= 0.6 is 0 Å². The van der Waals surface area contributed by atoms with Crippen LogP contribution in [0.5, 0.6) is 0 Å². The summed E-state index contributed by atoms with van der Waals surface area (Å²) < 4.78 is 0. The lowest BCUT2D eigenvalue weighted by Crippen LogP contribution is -2.43. The third kappa shape index (κ3) is 3.66. The van der Waals surface area contributed by atoms with Crippen LogP contribution in [0.15, 0.2) is 16.9 Å². The van der Waals surface area contributed by atoms with Crippen molar-refractivity contribution in [3.05, 3.63) is 28.2 Å². The van der Waals surface area contributed by atoms with E-state index in [9.17, 15) is 9.59 Å². The van der Waals surface area contributed by atoms with Crippen LogP contribution in [0.3, 0.4) is 0 Å². The van der Waals surface area contributed by atoms with Crippen molar-refractivity contribution < 1.29 is 4.79 Å². The molecule has 2 rings (SSSR count). The Balaban J connectivity index is 2.08. The standard InChI is InChI=1S/C14H22N4O2/c1-10(2)18(9-11-5-7-15-8-6-11)14(20)12-3-4-13(19)17-16-12/h3-4,10-11,15H,5-9H2,1-2H3,(H,17,19). The molecule has 1 aromatic rings. The van der Waals surface area contributed by atoms with Crippen molar-refractivity contribution >= 4 is 5.91 Å². The van der Waals surface area contributed by atoms with Crippen LogP contribution < -0.4 is 10.9 Å². The molecule has 20 heavy (non-hydrogen) atoms. The van der Waals surface area contributed by atoms with Gasteiger partial charge in [0, 0.05) is 18.7 Å². The van der Waals surface area contributed by atoms with Crippen molar-refractivity contribution in [1.82, 2.24) is 20.4 Å². The second kappa shape index (κ2) is 6.65. The van der Waals surface area contributed by atoms with Crippen LogP contribution in [0, 0.1) is 5.92 Å². The maximum absolute atomic E-state index is 12.5. The Kier molecular flexibility index (Phi) is 4.89. The molecule has 1 aliphatic heterocycles. The summed E-state index contributed by atoms with van der Waals surface area (Å²) in [4.78, 5) is 25.4. The predicted molar refractivity (Wildman–Crippen MR) is 76.6 cm³/mol. The largest absolute Gasteiger partial charge is 0.335 e. The highest BCUT2D eigenvalue weighted by atomic mass is 16.2. The van der Waals surface area contributed by atoms with Crippen LogP contribution in [0.1, 0.15) is 37.2 Å². The maximum atomic E-state index is 12.5. The number of carbonyl (C=O) groups excluding carboxylic acids is 1. The van der Waals surface area contributed by atoms with Gasteiger partial charge in [0.25, 0.3) is 11.5 Å². The molecular weight excluding hydrogens is 256 g/mol. The number of aromatic nitrogens is 2. The molecule has 6 heteroatoms. The molecule has 0 spiro atoms. The Labute approximate surface area is 118 Å². The fourth-order valence-corrected chi connectivity index (χ4v) is 2.48. The maximum Gasteiger partial charge on any atom is 0.274 e. The molecule has 1 fully saturated rings. The lowest BCUT2D eigenvalue weighted by atomic mass is 9.97. The highest BCUT2D eigenvalue weighted by molar-refractivity contribution is 5.92. The van der Waals surface area contributed by atoms with E-state index in [4.69, 9.17) is 0 Å². The minimum Gasteiger partial charge on any atom is -0.335 e. The van der Waals surface area contributed by atoms with Gasteiger partial charge in [-0.25, -0.2) is 5.10 Å². The summed E-state index contributed by atoms with van der Waals surface area (Å²) in [6.45, 7) is 6.79. The molecule has 0 radical (unpaired) electrons. The number of hydrogen-bond acceptors (Lipinski definition) is 4. The summed E-state index contributed by atoms with van der Waals surface area (Å²) in [5.74, 6) is 0.417. The first-order valence-electron chi connectivity index (χ1n) is 7.15. The van der Waals surface area contributed by atoms with Gasteiger partial charge in [-0.3, -0.25) is 9.59 Å². The van der Waals surface area contributed by atoms with Crippen molar-refractivity contribution in [3.8, 4) is 0 Å². The quantitative estimate of drug-likeness (QED) is 0.846. The van der Waals surface area contributed by atoms with E-state index in [1.165, 1.54) is 12.1 Å². The smallest absolute Gasteiger partial charge is 0.274 e. The fraction of sp³-hybridized carbons (Fsp3) is 0.643. The minimum atomic E-state index is -0.295. The molecule has 0 unspecified atom stereocenters. The molecular formula is C14H22N4O2. The number of hydrogen-bond donors (Lipinski definition) is 2. The summed E-state index contributed by atoms with van der Waals surface area (Å²) in [7, 11) is 0. The summed E-state index contributed by atoms with van der Waals surface area (Å²) in [6.07, 6.45) is 2.19. The molecule has 1 aliphatic rings. The molecule has 0 saturated carbocycles. The molecule has 2 N–H and O–H groups in total. The summed E-state index contributed by atoms with van der Waals surface area (Å²) in [5, 5.41) is 9.48. The first-order chi connectivity index (χ1) is 9.58. The Morgan fingerprint density at radius 1 is 1.40 bits per heavy atom. The number of rotatable bonds is 4. The molecule has 1 aromatic heterocycles. The lowest BCUT2D eigenvalue weighted by Gasteiger charge is -2.32. The zero-order valence-corrected chi connectivity index (χ0v) is 12.1. The van der Waals surface area contributed by atoms with Crippen LogP contribution in [0.4, 0.5) is 0 Å². The first kappa shape index (κ1) is 14.7. The van der Waals surface area contributed by atoms with E-state index in [1.54, 1.807) is 0 Å². The molecule has 0 aromatic carbocycles. The second-order valence-corrected chi connectivity index (χ2v) is 5.55. The van der Waals surface area contributed by atoms with Crippen molar-refractivity contribution in [2.45, 2.75) is 32.7 Å². The third-order valence-corrected chi connectivity index (χ3v) is 3.70. The average molecular weight is 278 g/mol. The van der Waals surface area contributed by atoms with Gasteiger partial charge in [-0.1, -0.05) is 0 Å². The van der Waals surface area contributed by atoms with Gasteiger partial charge in [0.15, 0.2) is 0 Å². The van der Waals surface area contributed by atoms with E-state index in [-0.39, 0.29) is 17.5 Å². The SMILES string of the molecule is CC(C)N(CC1CCNCC1)C(=O)c1ccc(=O)[nH]n1. The molecule has 2 heterocycles. The van der Waals surface area contributed by atoms with Gasteiger partial charge in [0.1, 0.15) is 5.69 Å². The average Bonchev–Trinajstić information content (AvgIpc) is 2.45. The molecule has 0 bridgehead atoms. The molecule has 0 atom stereocenters. The van der Waals surface area contributed by atoms with Gasteiger partial charge in [-0.15, -0.1) is 0 Å². The number of piperidine rings is 1. The summed E-state index contributed by atoms with van der Waals surface area (Å²) >= 11 is 0. The van der Waals surface area contributed by atoms with E-state index in [2.05, 4.69) is 15.5 Å². The Morgan fingerprint density at radius 3 is 2.65 bits per heavy atom. The van der Waals surface area contributed by atoms with Gasteiger partial charge < -0.3 is 10.2 Å². The number of aromatic amines is 1. The van der Waals surface area contributed by atoms with Crippen molar-refractivity contribution in [3.63, 3.8) is 0 Å². The zero-order valence-electron chi connectivity index (χ0n) is 12.1. The van der Waals surface area contributed by atoms with Crippen molar-refractivity contribution in [1.29, 1.82) is 0 Å². The van der Waals surface area contributed by atoms with Crippen LogP contribution in [0.2, 0.25) is 0 Å². The number of nitrogens with one attached hydrogen (secondary N) is 2.